The molecule has 0 bridgehead atoms. The first kappa shape index (κ1) is 20.0. The molecule has 2 aromatic rings. The topological polar surface area (TPSA) is 34.5 Å². The van der Waals surface area contributed by atoms with Gasteiger partial charge in [-0.05, 0) is 67.1 Å². The minimum absolute atomic E-state index is 0.284. The van der Waals surface area contributed by atoms with Gasteiger partial charge in [-0.15, -0.1) is 0 Å². The molecule has 2 fully saturated rings. The van der Waals surface area contributed by atoms with E-state index in [2.05, 4.69) is 41.5 Å². The van der Waals surface area contributed by atoms with E-state index >= 15 is 0 Å². The summed E-state index contributed by atoms with van der Waals surface area (Å²) in [7, 11) is 1.72. The Balaban J connectivity index is 1.46. The molecule has 1 aromatic carbocycles. The Labute approximate surface area is 180 Å². The summed E-state index contributed by atoms with van der Waals surface area (Å²) < 4.78 is 7.84. The van der Waals surface area contributed by atoms with Crippen LogP contribution in [0.1, 0.15) is 63.6 Å². The Hall–Kier alpha value is -1.97. The van der Waals surface area contributed by atoms with Crippen molar-refractivity contribution in [2.24, 2.45) is 17.3 Å². The van der Waals surface area contributed by atoms with Gasteiger partial charge in [-0.3, -0.25) is 4.79 Å². The number of ether oxygens (including phenoxy) is 1. The van der Waals surface area contributed by atoms with Crippen molar-refractivity contribution in [1.29, 1.82) is 0 Å². The van der Waals surface area contributed by atoms with E-state index in [4.69, 9.17) is 4.74 Å². The van der Waals surface area contributed by atoms with Crippen molar-refractivity contribution < 1.29 is 9.53 Å². The van der Waals surface area contributed by atoms with Crippen molar-refractivity contribution in [2.75, 3.05) is 20.2 Å². The lowest BCUT2D eigenvalue weighted by atomic mass is 9.75. The molecular formula is C26H36N2O2. The SMILES string of the molecule is COc1ccc2c3c(n(CC(=O)N4CC[C@@H]5CCCC[C@H]5C4)c2c1)CC(C)(C)CC3. The number of nitrogens with zero attached hydrogens (tertiary/aromatic N) is 2. The zero-order valence-electron chi connectivity index (χ0n) is 18.9. The van der Waals surface area contributed by atoms with E-state index in [1.54, 1.807) is 7.11 Å². The number of hydrogen-bond donors (Lipinski definition) is 0. The van der Waals surface area contributed by atoms with E-state index < -0.39 is 0 Å². The van der Waals surface area contributed by atoms with Crippen LogP contribution >= 0.6 is 0 Å². The zero-order valence-corrected chi connectivity index (χ0v) is 18.9. The standard InChI is InChI=1S/C26H36N2O2/c1-26(2)12-10-22-21-9-8-20(30-3)14-23(21)28(24(22)15-26)17-25(29)27-13-11-18-6-4-5-7-19(18)16-27/h8-9,14,18-19H,4-7,10-13,15-17H2,1-3H3/t18-,19-/m0/s1. The molecule has 5 rings (SSSR count). The average molecular weight is 409 g/mol. The molecule has 2 aliphatic carbocycles. The summed E-state index contributed by atoms with van der Waals surface area (Å²) in [5, 5.41) is 1.31. The predicted octanol–water partition coefficient (Wildman–Crippen LogP) is 5.20. The number of carbonyl (C=O) groups excluding carboxylic acids is 1. The number of piperidine rings is 1. The van der Waals surface area contributed by atoms with Gasteiger partial charge in [-0.1, -0.05) is 33.1 Å². The number of amides is 1. The van der Waals surface area contributed by atoms with Crippen LogP contribution in [0.25, 0.3) is 10.9 Å². The number of benzene rings is 1. The quantitative estimate of drug-likeness (QED) is 0.699. The van der Waals surface area contributed by atoms with Gasteiger partial charge in [0.25, 0.3) is 0 Å². The minimum Gasteiger partial charge on any atom is -0.497 e. The molecular weight excluding hydrogens is 372 g/mol. The maximum absolute atomic E-state index is 13.5. The summed E-state index contributed by atoms with van der Waals surface area (Å²) in [5.74, 6) is 2.75. The first-order valence-electron chi connectivity index (χ1n) is 11.9. The van der Waals surface area contributed by atoms with Crippen molar-refractivity contribution in [3.05, 3.63) is 29.5 Å². The van der Waals surface area contributed by atoms with E-state index in [0.717, 1.165) is 49.0 Å². The molecule has 2 heterocycles. The molecule has 0 N–H and O–H groups in total. The van der Waals surface area contributed by atoms with Gasteiger partial charge in [0.15, 0.2) is 0 Å². The molecule has 30 heavy (non-hydrogen) atoms. The monoisotopic (exact) mass is 408 g/mol. The maximum atomic E-state index is 13.5. The van der Waals surface area contributed by atoms with Crippen LogP contribution in [-0.2, 0) is 24.2 Å². The van der Waals surface area contributed by atoms with Gasteiger partial charge in [-0.25, -0.2) is 0 Å². The van der Waals surface area contributed by atoms with Crippen molar-refractivity contribution in [3.63, 3.8) is 0 Å². The molecule has 2 atom stereocenters. The highest BCUT2D eigenvalue weighted by Gasteiger charge is 2.34. The first-order chi connectivity index (χ1) is 14.4. The Bertz CT molecular complexity index is 958. The third kappa shape index (κ3) is 3.52. The largest absolute Gasteiger partial charge is 0.497 e. The van der Waals surface area contributed by atoms with Crippen molar-refractivity contribution in [1.82, 2.24) is 9.47 Å². The van der Waals surface area contributed by atoms with Gasteiger partial charge in [0.05, 0.1) is 12.6 Å². The summed E-state index contributed by atoms with van der Waals surface area (Å²) in [5.41, 5.74) is 4.27. The van der Waals surface area contributed by atoms with Crippen LogP contribution in [-0.4, -0.2) is 35.6 Å². The lowest BCUT2D eigenvalue weighted by Crippen LogP contribution is -2.46. The van der Waals surface area contributed by atoms with Gasteiger partial charge < -0.3 is 14.2 Å². The van der Waals surface area contributed by atoms with Crippen LogP contribution in [0.2, 0.25) is 0 Å². The molecule has 0 spiro atoms. The third-order valence-electron chi connectivity index (χ3n) is 8.13. The molecule has 162 valence electrons. The highest BCUT2D eigenvalue weighted by Crippen LogP contribution is 2.41. The summed E-state index contributed by atoms with van der Waals surface area (Å²) >= 11 is 0. The van der Waals surface area contributed by atoms with E-state index in [1.165, 1.54) is 55.2 Å². The lowest BCUT2D eigenvalue weighted by Gasteiger charge is -2.41. The number of aromatic nitrogens is 1. The predicted molar refractivity (Wildman–Crippen MR) is 121 cm³/mol. The molecule has 1 saturated heterocycles. The summed E-state index contributed by atoms with van der Waals surface area (Å²) in [4.78, 5) is 15.6. The summed E-state index contributed by atoms with van der Waals surface area (Å²) in [6.07, 6.45) is 9.94. The molecule has 1 amide bonds. The highest BCUT2D eigenvalue weighted by molar-refractivity contribution is 5.89. The Morgan fingerprint density at radius 3 is 2.77 bits per heavy atom. The number of fused-ring (bicyclic) bond motifs is 4. The number of aryl methyl sites for hydroxylation is 1. The number of hydrogen-bond acceptors (Lipinski definition) is 2. The normalized spacial score (nSPS) is 25.6. The highest BCUT2D eigenvalue weighted by atomic mass is 16.5. The molecule has 4 nitrogen and oxygen atoms in total. The smallest absolute Gasteiger partial charge is 0.242 e. The van der Waals surface area contributed by atoms with Crippen LogP contribution in [0.5, 0.6) is 5.75 Å². The second-order valence-corrected chi connectivity index (χ2v) is 10.7. The van der Waals surface area contributed by atoms with E-state index in [1.807, 2.05) is 0 Å². The van der Waals surface area contributed by atoms with E-state index in [0.29, 0.717) is 12.5 Å². The second-order valence-electron chi connectivity index (χ2n) is 10.7. The Kier molecular flexibility index (Phi) is 5.07. The molecule has 4 heteroatoms. The Morgan fingerprint density at radius 2 is 1.97 bits per heavy atom. The second kappa shape index (κ2) is 7.62. The number of likely N-dealkylation sites (tertiary alicyclic amines) is 1. The molecule has 1 saturated carbocycles. The van der Waals surface area contributed by atoms with Crippen LogP contribution in [0.15, 0.2) is 18.2 Å². The fourth-order valence-electron chi connectivity index (χ4n) is 6.31. The Morgan fingerprint density at radius 1 is 1.17 bits per heavy atom. The average Bonchev–Trinajstić information content (AvgIpc) is 3.04. The molecule has 1 aliphatic heterocycles. The van der Waals surface area contributed by atoms with Gasteiger partial charge in [0.1, 0.15) is 12.3 Å². The van der Waals surface area contributed by atoms with Crippen molar-refractivity contribution in [2.45, 2.75) is 71.8 Å². The molecule has 3 aliphatic rings. The summed E-state index contributed by atoms with van der Waals surface area (Å²) in [6, 6.07) is 6.38. The van der Waals surface area contributed by atoms with Crippen LogP contribution in [0.4, 0.5) is 0 Å². The number of rotatable bonds is 3. The van der Waals surface area contributed by atoms with Gasteiger partial charge in [0, 0.05) is 30.2 Å². The van der Waals surface area contributed by atoms with E-state index in [9.17, 15) is 4.79 Å². The van der Waals surface area contributed by atoms with Crippen LogP contribution in [0, 0.1) is 17.3 Å². The van der Waals surface area contributed by atoms with Crippen molar-refractivity contribution in [3.8, 4) is 5.75 Å². The summed E-state index contributed by atoms with van der Waals surface area (Å²) in [6.45, 7) is 7.09. The fourth-order valence-corrected chi connectivity index (χ4v) is 6.31. The zero-order chi connectivity index (χ0) is 20.9. The molecule has 1 aromatic heterocycles. The first-order valence-corrected chi connectivity index (χ1v) is 11.9. The molecule has 0 unspecified atom stereocenters. The van der Waals surface area contributed by atoms with Crippen molar-refractivity contribution >= 4 is 16.8 Å². The molecule has 0 radical (unpaired) electrons. The van der Waals surface area contributed by atoms with Crippen LogP contribution in [0.3, 0.4) is 0 Å². The fraction of sp³-hybridized carbons (Fsp3) is 0.654. The number of carbonyl (C=O) groups is 1. The number of methoxy groups -OCH3 is 1. The van der Waals surface area contributed by atoms with Crippen LogP contribution < -0.4 is 4.74 Å². The lowest BCUT2D eigenvalue weighted by molar-refractivity contribution is -0.134. The van der Waals surface area contributed by atoms with E-state index in [-0.39, 0.29) is 5.41 Å². The maximum Gasteiger partial charge on any atom is 0.242 e. The third-order valence-corrected chi connectivity index (χ3v) is 8.13. The van der Waals surface area contributed by atoms with Gasteiger partial charge in [0.2, 0.25) is 5.91 Å². The van der Waals surface area contributed by atoms with Gasteiger partial charge in [-0.2, -0.15) is 0 Å². The minimum atomic E-state index is 0.284. The van der Waals surface area contributed by atoms with Gasteiger partial charge >= 0.3 is 0 Å².